The van der Waals surface area contributed by atoms with Crippen molar-refractivity contribution in [3.63, 3.8) is 0 Å². The van der Waals surface area contributed by atoms with Gasteiger partial charge in [-0.05, 0) is 29.8 Å². The Morgan fingerprint density at radius 2 is 1.65 bits per heavy atom. The van der Waals surface area contributed by atoms with Crippen LogP contribution in [0.2, 0.25) is 0 Å². The highest BCUT2D eigenvalue weighted by molar-refractivity contribution is 7.16. The molecule has 6 nitrogen and oxygen atoms in total. The van der Waals surface area contributed by atoms with Crippen LogP contribution in [0.15, 0.2) is 99.5 Å². The fraction of sp³-hybridized carbons (Fsp3) is 0.0417. The van der Waals surface area contributed by atoms with Gasteiger partial charge in [-0.15, -0.1) is 0 Å². The molecule has 2 aromatic heterocycles. The van der Waals surface area contributed by atoms with E-state index in [4.69, 9.17) is 14.3 Å². The van der Waals surface area contributed by atoms with Crippen molar-refractivity contribution in [2.24, 2.45) is 10.1 Å². The van der Waals surface area contributed by atoms with Crippen LogP contribution >= 0.6 is 11.3 Å². The average Bonchev–Trinajstić information content (AvgIpc) is 3.38. The van der Waals surface area contributed by atoms with E-state index in [-0.39, 0.29) is 0 Å². The van der Waals surface area contributed by atoms with Crippen molar-refractivity contribution >= 4 is 33.7 Å². The van der Waals surface area contributed by atoms with E-state index < -0.39 is 0 Å². The maximum atomic E-state index is 5.71. The van der Waals surface area contributed by atoms with Crippen LogP contribution in [0.5, 0.6) is 5.75 Å². The number of methoxy groups -OCH3 is 1. The highest BCUT2D eigenvalue weighted by atomic mass is 32.1. The number of ether oxygens (including phenoxy) is 1. The second kappa shape index (κ2) is 8.41. The third-order valence-electron chi connectivity index (χ3n) is 4.67. The molecule has 5 rings (SSSR count). The van der Waals surface area contributed by atoms with Crippen molar-refractivity contribution in [2.75, 3.05) is 7.11 Å². The van der Waals surface area contributed by atoms with Crippen molar-refractivity contribution in [3.8, 4) is 17.0 Å². The Morgan fingerprint density at radius 1 is 0.935 bits per heavy atom. The lowest BCUT2D eigenvalue weighted by Gasteiger charge is -1.99. The van der Waals surface area contributed by atoms with Gasteiger partial charge in [0.2, 0.25) is 4.80 Å². The molecule has 152 valence electrons. The minimum absolute atomic E-state index is 0.559. The summed E-state index contributed by atoms with van der Waals surface area (Å²) in [7, 11) is 1.64. The van der Waals surface area contributed by atoms with E-state index in [1.165, 1.54) is 11.3 Å². The molecule has 0 unspecified atom stereocenters. The first-order valence-electron chi connectivity index (χ1n) is 9.66. The first kappa shape index (κ1) is 19.0. The largest absolute Gasteiger partial charge is 0.497 e. The van der Waals surface area contributed by atoms with Crippen molar-refractivity contribution in [3.05, 3.63) is 95.3 Å². The summed E-state index contributed by atoms with van der Waals surface area (Å²) >= 11 is 1.49. The molecule has 0 radical (unpaired) electrons. The van der Waals surface area contributed by atoms with Gasteiger partial charge in [0.05, 0.1) is 19.0 Å². The summed E-state index contributed by atoms with van der Waals surface area (Å²) < 4.78 is 13.5. The van der Waals surface area contributed by atoms with Gasteiger partial charge in [-0.25, -0.2) is 4.99 Å². The van der Waals surface area contributed by atoms with Gasteiger partial charge in [0.1, 0.15) is 16.1 Å². The SMILES string of the molecule is COc1ccc(N=c2sc3c(-c4ccccc4)noc3n2/N=C/c2ccccc2)cc1. The molecule has 0 atom stereocenters. The number of nitrogens with zero attached hydrogens (tertiary/aromatic N) is 4. The Kier molecular flexibility index (Phi) is 5.16. The molecule has 0 fully saturated rings. The molecule has 0 amide bonds. The van der Waals surface area contributed by atoms with Crippen LogP contribution in [-0.2, 0) is 0 Å². The number of thiazole rings is 1. The molecular formula is C24H18N4O2S. The van der Waals surface area contributed by atoms with Crippen LogP contribution in [-0.4, -0.2) is 23.2 Å². The van der Waals surface area contributed by atoms with Crippen LogP contribution in [0.25, 0.3) is 21.7 Å². The van der Waals surface area contributed by atoms with Crippen LogP contribution in [0.4, 0.5) is 5.69 Å². The second-order valence-corrected chi connectivity index (χ2v) is 7.67. The Balaban J connectivity index is 1.67. The lowest BCUT2D eigenvalue weighted by molar-refractivity contribution is 0.415. The topological polar surface area (TPSA) is 64.9 Å². The van der Waals surface area contributed by atoms with Gasteiger partial charge in [-0.3, -0.25) is 0 Å². The van der Waals surface area contributed by atoms with Gasteiger partial charge >= 0.3 is 0 Å². The summed E-state index contributed by atoms with van der Waals surface area (Å²) in [5.74, 6) is 0.782. The number of aromatic nitrogens is 2. The zero-order valence-corrected chi connectivity index (χ0v) is 17.5. The van der Waals surface area contributed by atoms with Gasteiger partial charge in [0.15, 0.2) is 0 Å². The van der Waals surface area contributed by atoms with Gasteiger partial charge in [0.25, 0.3) is 5.71 Å². The third-order valence-corrected chi connectivity index (χ3v) is 5.68. The molecule has 0 spiro atoms. The average molecular weight is 427 g/mol. The molecule has 5 aromatic rings. The fourth-order valence-electron chi connectivity index (χ4n) is 3.10. The highest BCUT2D eigenvalue weighted by Gasteiger charge is 2.17. The maximum absolute atomic E-state index is 5.71. The number of rotatable bonds is 5. The number of hydrogen-bond acceptors (Lipinski definition) is 6. The second-order valence-electron chi connectivity index (χ2n) is 6.69. The molecule has 3 aromatic carbocycles. The number of benzene rings is 3. The van der Waals surface area contributed by atoms with E-state index in [0.717, 1.165) is 33.0 Å². The fourth-order valence-corrected chi connectivity index (χ4v) is 4.12. The van der Waals surface area contributed by atoms with Crippen LogP contribution < -0.4 is 9.54 Å². The van der Waals surface area contributed by atoms with Crippen molar-refractivity contribution < 1.29 is 9.26 Å². The molecule has 0 aliphatic heterocycles. The molecule has 0 aliphatic rings. The smallest absolute Gasteiger partial charge is 0.272 e. The summed E-state index contributed by atoms with van der Waals surface area (Å²) in [6, 6.07) is 27.4. The molecule has 2 heterocycles. The van der Waals surface area contributed by atoms with Crippen molar-refractivity contribution in [2.45, 2.75) is 0 Å². The number of hydrogen-bond donors (Lipinski definition) is 0. The van der Waals surface area contributed by atoms with Gasteiger partial charge in [-0.2, -0.15) is 9.78 Å². The molecule has 7 heteroatoms. The van der Waals surface area contributed by atoms with Crippen LogP contribution in [0, 0.1) is 0 Å². The molecule has 0 bridgehead atoms. The normalized spacial score (nSPS) is 12.1. The molecule has 31 heavy (non-hydrogen) atoms. The van der Waals surface area contributed by atoms with Crippen molar-refractivity contribution in [1.82, 2.24) is 9.83 Å². The summed E-state index contributed by atoms with van der Waals surface area (Å²) in [5.41, 5.74) is 4.09. The first-order chi connectivity index (χ1) is 15.3. The van der Waals surface area contributed by atoms with Gasteiger partial charge in [0, 0.05) is 5.56 Å². The van der Waals surface area contributed by atoms with Crippen molar-refractivity contribution in [1.29, 1.82) is 0 Å². The van der Waals surface area contributed by atoms with Crippen LogP contribution in [0.1, 0.15) is 5.56 Å². The Labute approximate surface area is 182 Å². The van der Waals surface area contributed by atoms with E-state index in [0.29, 0.717) is 10.5 Å². The predicted molar refractivity (Wildman–Crippen MR) is 123 cm³/mol. The maximum Gasteiger partial charge on any atom is 0.272 e. The van der Waals surface area contributed by atoms with E-state index >= 15 is 0 Å². The molecule has 0 saturated carbocycles. The van der Waals surface area contributed by atoms with E-state index in [1.807, 2.05) is 84.9 Å². The molecular weight excluding hydrogens is 408 g/mol. The third kappa shape index (κ3) is 3.91. The summed E-state index contributed by atoms with van der Waals surface area (Å²) in [4.78, 5) is 5.48. The van der Waals surface area contributed by atoms with E-state index in [1.54, 1.807) is 18.0 Å². The minimum Gasteiger partial charge on any atom is -0.497 e. The summed E-state index contributed by atoms with van der Waals surface area (Å²) in [5, 5.41) is 8.95. The van der Waals surface area contributed by atoms with E-state index in [9.17, 15) is 0 Å². The Hall–Kier alpha value is -3.97. The van der Waals surface area contributed by atoms with Gasteiger partial charge < -0.3 is 9.26 Å². The Morgan fingerprint density at radius 3 is 2.35 bits per heavy atom. The predicted octanol–water partition coefficient (Wildman–Crippen LogP) is 5.48. The summed E-state index contributed by atoms with van der Waals surface area (Å²) in [6.45, 7) is 0. The lowest BCUT2D eigenvalue weighted by atomic mass is 10.2. The zero-order chi connectivity index (χ0) is 21.0. The monoisotopic (exact) mass is 426 g/mol. The first-order valence-corrected chi connectivity index (χ1v) is 10.5. The molecule has 0 N–H and O–H groups in total. The standard InChI is InChI=1S/C24H18N4O2S/c1-29-20-14-12-19(13-15-20)26-24-28(25-16-17-8-4-2-5-9-17)23-22(31-24)21(27-30-23)18-10-6-3-7-11-18/h2-16H,1H3/b25-16+,26-24?. The van der Waals surface area contributed by atoms with E-state index in [2.05, 4.69) is 10.3 Å². The number of fused-ring (bicyclic) bond motifs is 1. The lowest BCUT2D eigenvalue weighted by Crippen LogP contribution is -2.09. The highest BCUT2D eigenvalue weighted by Crippen LogP contribution is 2.30. The quantitative estimate of drug-likeness (QED) is 0.350. The Bertz CT molecular complexity index is 1400. The minimum atomic E-state index is 0.559. The zero-order valence-electron chi connectivity index (χ0n) is 16.7. The van der Waals surface area contributed by atoms with Gasteiger partial charge in [-0.1, -0.05) is 77.2 Å². The van der Waals surface area contributed by atoms with Crippen LogP contribution in [0.3, 0.4) is 0 Å². The summed E-state index contributed by atoms with van der Waals surface area (Å²) in [6.07, 6.45) is 1.78. The molecule has 0 saturated heterocycles. The molecule has 0 aliphatic carbocycles.